The van der Waals surface area contributed by atoms with Gasteiger partial charge in [0.05, 0.1) is 0 Å². The Morgan fingerprint density at radius 3 is 1.88 bits per heavy atom. The zero-order valence-electron chi connectivity index (χ0n) is 18.1. The van der Waals surface area contributed by atoms with Gasteiger partial charge in [-0.25, -0.2) is 14.2 Å². The zero-order valence-corrected chi connectivity index (χ0v) is 18.9. The van der Waals surface area contributed by atoms with Gasteiger partial charge in [-0.3, -0.25) is 0 Å². The predicted molar refractivity (Wildman–Crippen MR) is 131 cm³/mol. The Hall–Kier alpha value is -4.04. The summed E-state index contributed by atoms with van der Waals surface area (Å²) in [6.07, 6.45) is 0. The molecule has 3 aromatic carbocycles. The van der Waals surface area contributed by atoms with Crippen LogP contribution in [0.5, 0.6) is 0 Å². The van der Waals surface area contributed by atoms with Crippen LogP contribution in [0.4, 0.5) is 9.52 Å². The lowest BCUT2D eigenvalue weighted by atomic mass is 9.77. The molecule has 0 fully saturated rings. The number of nitrogens with zero attached hydrogens (tertiary/aromatic N) is 2. The standard InChI is InChI=1S/C26H22FN3O3S/c27-16-17-33-30-23(24(31)32)22-18-34-25(28-22)29-26(19-10-4-1-5-11-19,20-12-6-2-7-13-20)21-14-8-3-9-15-21/h1-15,18H,16-17H2,(H,28,29)(H,31,32). The fourth-order valence-electron chi connectivity index (χ4n) is 3.72. The number of alkyl halides is 1. The molecule has 0 saturated heterocycles. The monoisotopic (exact) mass is 475 g/mol. The van der Waals surface area contributed by atoms with Gasteiger partial charge in [-0.2, -0.15) is 0 Å². The molecule has 6 nitrogen and oxygen atoms in total. The van der Waals surface area contributed by atoms with Crippen molar-refractivity contribution in [2.75, 3.05) is 18.6 Å². The quantitative estimate of drug-likeness (QED) is 0.140. The molecular weight excluding hydrogens is 453 g/mol. The number of anilines is 1. The van der Waals surface area contributed by atoms with Crippen LogP contribution < -0.4 is 5.32 Å². The highest BCUT2D eigenvalue weighted by molar-refractivity contribution is 7.14. The third-order valence-corrected chi connectivity index (χ3v) is 5.95. The van der Waals surface area contributed by atoms with Gasteiger partial charge in [-0.15, -0.1) is 11.3 Å². The molecule has 0 aliphatic rings. The first-order valence-electron chi connectivity index (χ1n) is 10.5. The van der Waals surface area contributed by atoms with E-state index in [1.807, 2.05) is 91.0 Å². The Labute approximate surface area is 200 Å². The molecule has 0 aliphatic heterocycles. The average molecular weight is 476 g/mol. The van der Waals surface area contributed by atoms with E-state index in [4.69, 9.17) is 4.84 Å². The van der Waals surface area contributed by atoms with Gasteiger partial charge in [0.15, 0.2) is 5.13 Å². The molecule has 0 bridgehead atoms. The van der Waals surface area contributed by atoms with Crippen LogP contribution in [0, 0.1) is 0 Å². The van der Waals surface area contributed by atoms with E-state index in [-0.39, 0.29) is 18.0 Å². The lowest BCUT2D eigenvalue weighted by Crippen LogP contribution is -2.38. The lowest BCUT2D eigenvalue weighted by Gasteiger charge is -2.36. The van der Waals surface area contributed by atoms with Crippen LogP contribution in [0.2, 0.25) is 0 Å². The molecule has 0 atom stereocenters. The van der Waals surface area contributed by atoms with Gasteiger partial charge in [0, 0.05) is 5.38 Å². The normalized spacial score (nSPS) is 11.7. The summed E-state index contributed by atoms with van der Waals surface area (Å²) in [6.45, 7) is -1.10. The third-order valence-electron chi connectivity index (χ3n) is 5.19. The van der Waals surface area contributed by atoms with Crippen molar-refractivity contribution in [1.29, 1.82) is 0 Å². The SMILES string of the molecule is O=C(O)C(=NOCCF)c1csc(NC(c2ccccc2)(c2ccccc2)c2ccccc2)n1. The van der Waals surface area contributed by atoms with Crippen LogP contribution in [-0.4, -0.2) is 35.1 Å². The molecule has 172 valence electrons. The minimum Gasteiger partial charge on any atom is -0.476 e. The molecule has 34 heavy (non-hydrogen) atoms. The number of oxime groups is 1. The Morgan fingerprint density at radius 2 is 1.44 bits per heavy atom. The number of aliphatic carboxylic acids is 1. The number of carbonyl (C=O) groups is 1. The molecule has 0 saturated carbocycles. The summed E-state index contributed by atoms with van der Waals surface area (Å²) < 4.78 is 12.4. The summed E-state index contributed by atoms with van der Waals surface area (Å²) >= 11 is 1.25. The second kappa shape index (κ2) is 10.7. The summed E-state index contributed by atoms with van der Waals surface area (Å²) in [4.78, 5) is 20.9. The summed E-state index contributed by atoms with van der Waals surface area (Å²) in [5.41, 5.74) is 1.90. The van der Waals surface area contributed by atoms with Crippen LogP contribution >= 0.6 is 11.3 Å². The molecule has 2 N–H and O–H groups in total. The minimum atomic E-state index is -1.31. The van der Waals surface area contributed by atoms with E-state index >= 15 is 0 Å². The van der Waals surface area contributed by atoms with Crippen molar-refractivity contribution in [3.63, 3.8) is 0 Å². The first kappa shape index (κ1) is 23.1. The summed E-state index contributed by atoms with van der Waals surface area (Å²) in [5.74, 6) is -1.31. The van der Waals surface area contributed by atoms with Crippen molar-refractivity contribution < 1.29 is 19.1 Å². The van der Waals surface area contributed by atoms with E-state index in [1.165, 1.54) is 11.3 Å². The molecule has 0 unspecified atom stereocenters. The largest absolute Gasteiger partial charge is 0.476 e. The van der Waals surface area contributed by atoms with E-state index in [0.717, 1.165) is 16.7 Å². The van der Waals surface area contributed by atoms with E-state index in [9.17, 15) is 14.3 Å². The van der Waals surface area contributed by atoms with Crippen LogP contribution in [0.15, 0.2) is 102 Å². The second-order valence-electron chi connectivity index (χ2n) is 7.28. The first-order chi connectivity index (χ1) is 16.6. The maximum atomic E-state index is 12.4. The molecule has 0 radical (unpaired) electrons. The minimum absolute atomic E-state index is 0.127. The number of nitrogens with one attached hydrogen (secondary N) is 1. The third kappa shape index (κ3) is 4.82. The summed E-state index contributed by atoms with van der Waals surface area (Å²) in [5, 5.41) is 18.8. The van der Waals surface area contributed by atoms with Crippen molar-refractivity contribution in [2.24, 2.45) is 5.16 Å². The maximum absolute atomic E-state index is 12.4. The van der Waals surface area contributed by atoms with Gasteiger partial charge in [-0.05, 0) is 16.7 Å². The smallest absolute Gasteiger partial charge is 0.360 e. The van der Waals surface area contributed by atoms with Crippen molar-refractivity contribution in [1.82, 2.24) is 4.98 Å². The maximum Gasteiger partial charge on any atom is 0.360 e. The second-order valence-corrected chi connectivity index (χ2v) is 8.14. The van der Waals surface area contributed by atoms with Gasteiger partial charge in [0.1, 0.15) is 24.5 Å². The molecule has 8 heteroatoms. The number of hydrogen-bond donors (Lipinski definition) is 2. The zero-order chi connectivity index (χ0) is 23.8. The van der Waals surface area contributed by atoms with Crippen LogP contribution in [0.3, 0.4) is 0 Å². The van der Waals surface area contributed by atoms with Gasteiger partial charge in [0.25, 0.3) is 0 Å². The predicted octanol–water partition coefficient (Wildman–Crippen LogP) is 5.32. The number of thiazole rings is 1. The Kier molecular flexibility index (Phi) is 7.29. The Balaban J connectivity index is 1.84. The highest BCUT2D eigenvalue weighted by atomic mass is 32.1. The topological polar surface area (TPSA) is 83.8 Å². The number of carboxylic acids is 1. The molecule has 0 amide bonds. The lowest BCUT2D eigenvalue weighted by molar-refractivity contribution is -0.129. The van der Waals surface area contributed by atoms with Gasteiger partial charge < -0.3 is 15.3 Å². The van der Waals surface area contributed by atoms with Gasteiger partial charge in [0.2, 0.25) is 5.71 Å². The highest BCUT2D eigenvalue weighted by Crippen LogP contribution is 2.40. The number of benzene rings is 3. The van der Waals surface area contributed by atoms with E-state index < -0.39 is 18.2 Å². The number of hydrogen-bond acceptors (Lipinski definition) is 6. The summed E-state index contributed by atoms with van der Waals surface area (Å²) in [6, 6.07) is 29.9. The molecule has 0 spiro atoms. The fraction of sp³-hybridized carbons (Fsp3) is 0.115. The van der Waals surface area contributed by atoms with Crippen molar-refractivity contribution >= 4 is 28.1 Å². The number of rotatable bonds is 10. The number of halogens is 1. The van der Waals surface area contributed by atoms with E-state index in [1.54, 1.807) is 5.38 Å². The average Bonchev–Trinajstić information content (AvgIpc) is 3.34. The fourth-order valence-corrected chi connectivity index (χ4v) is 4.47. The molecular formula is C26H22FN3O3S. The molecule has 1 heterocycles. The van der Waals surface area contributed by atoms with E-state index in [0.29, 0.717) is 5.13 Å². The van der Waals surface area contributed by atoms with Crippen molar-refractivity contribution in [3.8, 4) is 0 Å². The summed E-state index contributed by atoms with van der Waals surface area (Å²) in [7, 11) is 0. The number of carboxylic acid groups (broad SMARTS) is 1. The Bertz CT molecular complexity index is 1150. The van der Waals surface area contributed by atoms with Crippen LogP contribution in [-0.2, 0) is 15.2 Å². The molecule has 0 aliphatic carbocycles. The van der Waals surface area contributed by atoms with Gasteiger partial charge in [-0.1, -0.05) is 96.2 Å². The molecule has 4 aromatic rings. The number of aromatic nitrogens is 1. The molecule has 1 aromatic heterocycles. The van der Waals surface area contributed by atoms with E-state index in [2.05, 4.69) is 15.5 Å². The van der Waals surface area contributed by atoms with Gasteiger partial charge >= 0.3 is 5.97 Å². The molecule has 4 rings (SSSR count). The van der Waals surface area contributed by atoms with Crippen LogP contribution in [0.1, 0.15) is 22.4 Å². The Morgan fingerprint density at radius 1 is 0.941 bits per heavy atom. The van der Waals surface area contributed by atoms with Crippen molar-refractivity contribution in [3.05, 3.63) is 119 Å². The van der Waals surface area contributed by atoms with Crippen LogP contribution in [0.25, 0.3) is 0 Å². The van der Waals surface area contributed by atoms with Crippen molar-refractivity contribution in [2.45, 2.75) is 5.54 Å². The first-order valence-corrected chi connectivity index (χ1v) is 11.4. The highest BCUT2D eigenvalue weighted by Gasteiger charge is 2.37.